The molecule has 0 radical (unpaired) electrons. The van der Waals surface area contributed by atoms with Gasteiger partial charge >= 0.3 is 0 Å². The predicted octanol–water partition coefficient (Wildman–Crippen LogP) is 3.67. The smallest absolute Gasteiger partial charge is 0.258 e. The number of nitrogens with zero attached hydrogens (tertiary/aromatic N) is 2. The quantitative estimate of drug-likeness (QED) is 0.800. The largest absolute Gasteiger partial charge is 0.497 e. The van der Waals surface area contributed by atoms with Crippen molar-refractivity contribution in [3.8, 4) is 5.75 Å². The number of hydrazone groups is 1. The highest BCUT2D eigenvalue weighted by atomic mass is 35.5. The number of hydrogen-bond acceptors (Lipinski definition) is 4. The summed E-state index contributed by atoms with van der Waals surface area (Å²) in [6.45, 7) is 0. The van der Waals surface area contributed by atoms with Crippen LogP contribution in [0.2, 0.25) is 0 Å². The van der Waals surface area contributed by atoms with E-state index in [0.717, 1.165) is 21.9 Å². The number of ether oxygens (including phenoxy) is 1. The fourth-order valence-corrected chi connectivity index (χ4v) is 3.32. The minimum absolute atomic E-state index is 0.0755. The number of amides is 1. The van der Waals surface area contributed by atoms with Gasteiger partial charge in [0.1, 0.15) is 11.6 Å². The first-order chi connectivity index (χ1) is 10.7. The summed E-state index contributed by atoms with van der Waals surface area (Å²) < 4.78 is 5.18. The van der Waals surface area contributed by atoms with Crippen LogP contribution in [0.1, 0.15) is 22.9 Å². The molecule has 1 amide bonds. The lowest BCUT2D eigenvalue weighted by Crippen LogP contribution is -2.27. The maximum Gasteiger partial charge on any atom is 0.258 e. The van der Waals surface area contributed by atoms with E-state index in [1.165, 1.54) is 5.01 Å². The molecule has 0 spiro atoms. The van der Waals surface area contributed by atoms with Crippen LogP contribution in [-0.2, 0) is 4.79 Å². The average Bonchev–Trinajstić information content (AvgIpc) is 3.23. The second-order valence-corrected chi connectivity index (χ2v) is 6.10. The van der Waals surface area contributed by atoms with Gasteiger partial charge in [0.2, 0.25) is 0 Å². The van der Waals surface area contributed by atoms with E-state index in [4.69, 9.17) is 16.3 Å². The Morgan fingerprint density at radius 3 is 2.77 bits per heavy atom. The predicted molar refractivity (Wildman–Crippen MR) is 88.8 cm³/mol. The molecule has 6 heteroatoms. The van der Waals surface area contributed by atoms with Crippen LogP contribution in [0.15, 0.2) is 46.9 Å². The summed E-state index contributed by atoms with van der Waals surface area (Å²) in [5, 5.41) is 8.01. The molecule has 1 aromatic heterocycles. The summed E-state index contributed by atoms with van der Waals surface area (Å²) in [5.41, 5.74) is 1.95. The molecule has 0 bridgehead atoms. The number of hydrogen-bond donors (Lipinski definition) is 0. The lowest BCUT2D eigenvalue weighted by atomic mass is 10.0. The maximum atomic E-state index is 12.1. The summed E-state index contributed by atoms with van der Waals surface area (Å²) in [6.07, 6.45) is 0.690. The maximum absolute atomic E-state index is 12.1. The molecule has 2 heterocycles. The summed E-state index contributed by atoms with van der Waals surface area (Å²) in [5.74, 6) is 0.527. The number of thiophene rings is 1. The molecule has 0 N–H and O–H groups in total. The van der Waals surface area contributed by atoms with Gasteiger partial charge in [-0.2, -0.15) is 5.10 Å². The fraction of sp³-hybridized carbons (Fsp3) is 0.250. The third-order valence-electron chi connectivity index (χ3n) is 3.59. The van der Waals surface area contributed by atoms with Gasteiger partial charge in [-0.1, -0.05) is 18.2 Å². The Morgan fingerprint density at radius 2 is 2.18 bits per heavy atom. The van der Waals surface area contributed by atoms with E-state index in [9.17, 15) is 4.79 Å². The number of halogens is 1. The SMILES string of the molecule is COc1ccc([C@@H]2CC(c3cccs3)=NN2C(=O)CCl)cc1. The molecule has 0 saturated carbocycles. The van der Waals surface area contributed by atoms with Gasteiger partial charge in [-0.3, -0.25) is 4.79 Å². The number of carbonyl (C=O) groups excluding carboxylic acids is 1. The molecule has 3 rings (SSSR count). The average molecular weight is 335 g/mol. The van der Waals surface area contributed by atoms with E-state index in [-0.39, 0.29) is 17.8 Å². The van der Waals surface area contributed by atoms with Gasteiger partial charge in [0.15, 0.2) is 0 Å². The molecule has 1 aliphatic rings. The van der Waals surface area contributed by atoms with Crippen LogP contribution in [0, 0.1) is 0 Å². The van der Waals surface area contributed by atoms with Gasteiger partial charge in [0.05, 0.1) is 23.7 Å². The minimum Gasteiger partial charge on any atom is -0.497 e. The second kappa shape index (κ2) is 6.50. The third kappa shape index (κ3) is 2.87. The Hall–Kier alpha value is -1.85. The van der Waals surface area contributed by atoms with Crippen LogP contribution in [0.25, 0.3) is 0 Å². The Labute approximate surface area is 138 Å². The van der Waals surface area contributed by atoms with Gasteiger partial charge in [-0.05, 0) is 29.1 Å². The molecule has 0 fully saturated rings. The van der Waals surface area contributed by atoms with Gasteiger partial charge in [-0.15, -0.1) is 22.9 Å². The standard InChI is InChI=1S/C16H15ClN2O2S/c1-21-12-6-4-11(5-7-12)14-9-13(15-3-2-8-22-15)18-19(14)16(20)10-17/h2-8,14H,9-10H2,1H3/t14-/m0/s1. The minimum atomic E-state index is -0.186. The van der Waals surface area contributed by atoms with E-state index in [1.807, 2.05) is 41.8 Å². The van der Waals surface area contributed by atoms with Gasteiger partial charge < -0.3 is 4.74 Å². The van der Waals surface area contributed by atoms with E-state index < -0.39 is 0 Å². The third-order valence-corrected chi connectivity index (χ3v) is 4.73. The first-order valence-corrected chi connectivity index (χ1v) is 8.27. The van der Waals surface area contributed by atoms with Crippen molar-refractivity contribution in [2.45, 2.75) is 12.5 Å². The monoisotopic (exact) mass is 334 g/mol. The summed E-state index contributed by atoms with van der Waals surface area (Å²) in [6, 6.07) is 11.6. The van der Waals surface area contributed by atoms with Crippen molar-refractivity contribution < 1.29 is 9.53 Å². The molecule has 1 aromatic carbocycles. The molecule has 0 aliphatic carbocycles. The number of alkyl halides is 1. The van der Waals surface area contributed by atoms with Crippen molar-refractivity contribution in [2.75, 3.05) is 13.0 Å². The number of carbonyl (C=O) groups is 1. The van der Waals surface area contributed by atoms with Gasteiger partial charge in [0, 0.05) is 6.42 Å². The topological polar surface area (TPSA) is 41.9 Å². The van der Waals surface area contributed by atoms with Crippen LogP contribution >= 0.6 is 22.9 Å². The lowest BCUT2D eigenvalue weighted by Gasteiger charge is -2.21. The van der Waals surface area contributed by atoms with Crippen molar-refractivity contribution in [1.82, 2.24) is 5.01 Å². The number of methoxy groups -OCH3 is 1. The van der Waals surface area contributed by atoms with Crippen LogP contribution in [-0.4, -0.2) is 29.6 Å². The Kier molecular flexibility index (Phi) is 4.45. The highest BCUT2D eigenvalue weighted by molar-refractivity contribution is 7.12. The Morgan fingerprint density at radius 1 is 1.41 bits per heavy atom. The fourth-order valence-electron chi connectivity index (χ4n) is 2.48. The zero-order valence-electron chi connectivity index (χ0n) is 12.0. The highest BCUT2D eigenvalue weighted by Gasteiger charge is 2.32. The second-order valence-electron chi connectivity index (χ2n) is 4.89. The molecule has 0 saturated heterocycles. The van der Waals surface area contributed by atoms with Crippen molar-refractivity contribution in [1.29, 1.82) is 0 Å². The molecule has 1 atom stereocenters. The Bertz CT molecular complexity index is 683. The van der Waals surface area contributed by atoms with Crippen molar-refractivity contribution in [3.63, 3.8) is 0 Å². The first kappa shape index (κ1) is 15.1. The first-order valence-electron chi connectivity index (χ1n) is 6.86. The summed E-state index contributed by atoms with van der Waals surface area (Å²) in [7, 11) is 1.63. The van der Waals surface area contributed by atoms with Crippen LogP contribution in [0.3, 0.4) is 0 Å². The summed E-state index contributed by atoms with van der Waals surface area (Å²) in [4.78, 5) is 13.2. The molecule has 4 nitrogen and oxygen atoms in total. The highest BCUT2D eigenvalue weighted by Crippen LogP contribution is 2.34. The molecular weight excluding hydrogens is 320 g/mol. The zero-order chi connectivity index (χ0) is 15.5. The molecule has 22 heavy (non-hydrogen) atoms. The van der Waals surface area contributed by atoms with E-state index >= 15 is 0 Å². The molecule has 2 aromatic rings. The van der Waals surface area contributed by atoms with Crippen LogP contribution in [0.4, 0.5) is 0 Å². The zero-order valence-corrected chi connectivity index (χ0v) is 13.6. The molecular formula is C16H15ClN2O2S. The van der Waals surface area contributed by atoms with Crippen molar-refractivity contribution >= 4 is 34.6 Å². The van der Waals surface area contributed by atoms with Crippen molar-refractivity contribution in [3.05, 3.63) is 52.2 Å². The van der Waals surface area contributed by atoms with Crippen LogP contribution < -0.4 is 4.74 Å². The van der Waals surface area contributed by atoms with Crippen molar-refractivity contribution in [2.24, 2.45) is 5.10 Å². The van der Waals surface area contributed by atoms with E-state index in [0.29, 0.717) is 6.42 Å². The molecule has 0 unspecified atom stereocenters. The van der Waals surface area contributed by atoms with Gasteiger partial charge in [-0.25, -0.2) is 5.01 Å². The van der Waals surface area contributed by atoms with Crippen LogP contribution in [0.5, 0.6) is 5.75 Å². The number of benzene rings is 1. The van der Waals surface area contributed by atoms with E-state index in [1.54, 1.807) is 18.4 Å². The Balaban J connectivity index is 1.91. The number of rotatable bonds is 4. The van der Waals surface area contributed by atoms with E-state index in [2.05, 4.69) is 5.10 Å². The normalized spacial score (nSPS) is 17.5. The lowest BCUT2D eigenvalue weighted by molar-refractivity contribution is -0.130. The molecule has 1 aliphatic heterocycles. The summed E-state index contributed by atoms with van der Waals surface area (Å²) >= 11 is 7.35. The van der Waals surface area contributed by atoms with Gasteiger partial charge in [0.25, 0.3) is 5.91 Å². The molecule has 114 valence electrons.